The van der Waals surface area contributed by atoms with Gasteiger partial charge in [0.1, 0.15) is 0 Å². The molecule has 0 saturated heterocycles. The fourth-order valence-corrected chi connectivity index (χ4v) is 4.49. The van der Waals surface area contributed by atoms with E-state index in [1.54, 1.807) is 0 Å². The van der Waals surface area contributed by atoms with Gasteiger partial charge < -0.3 is 10.4 Å². The monoisotopic (exact) mass is 385 g/mol. The highest BCUT2D eigenvalue weighted by Crippen LogP contribution is 2.30. The van der Waals surface area contributed by atoms with Crippen molar-refractivity contribution in [3.05, 3.63) is 65.9 Å². The zero-order valence-corrected chi connectivity index (χ0v) is 16.7. The highest BCUT2D eigenvalue weighted by Gasteiger charge is 2.05. The second-order valence-corrected chi connectivity index (χ2v) is 7.55. The summed E-state index contributed by atoms with van der Waals surface area (Å²) in [6.07, 6.45) is 3.47. The van der Waals surface area contributed by atoms with Gasteiger partial charge in [-0.3, -0.25) is 0 Å². The van der Waals surface area contributed by atoms with Crippen molar-refractivity contribution in [1.29, 1.82) is 0 Å². The smallest absolute Gasteiger partial charge is 0.0361 e. The number of halogens is 1. The lowest BCUT2D eigenvalue weighted by Crippen LogP contribution is -2.13. The largest absolute Gasteiger partial charge is 0.412 e. The summed E-state index contributed by atoms with van der Waals surface area (Å²) in [5, 5.41) is 6.79. The Morgan fingerprint density at radius 3 is 2.27 bits per heavy atom. The molecule has 0 aliphatic heterocycles. The first kappa shape index (κ1) is 20.4. The van der Waals surface area contributed by atoms with E-state index in [0.29, 0.717) is 0 Å². The van der Waals surface area contributed by atoms with Crippen LogP contribution in [-0.2, 0) is 0 Å². The molecule has 1 aromatic heterocycles. The van der Waals surface area contributed by atoms with E-state index in [2.05, 4.69) is 85.7 Å². The molecule has 0 aliphatic carbocycles. The Morgan fingerprint density at radius 2 is 1.50 bits per heavy atom. The Morgan fingerprint density at radius 1 is 0.846 bits per heavy atom. The fraction of sp³-hybridized carbons (Fsp3) is 0.182. The zero-order chi connectivity index (χ0) is 16.5. The Hall–Kier alpha value is -1.91. The maximum absolute atomic E-state index is 2.41. The first-order valence-electron chi connectivity index (χ1n) is 8.38. The van der Waals surface area contributed by atoms with Crippen molar-refractivity contribution in [3.8, 4) is 0 Å². The number of benzene rings is 3. The first-order chi connectivity index (χ1) is 11.7. The molecular formula is C22H24ClNOS. The van der Waals surface area contributed by atoms with Gasteiger partial charge in [-0.05, 0) is 54.0 Å². The predicted octanol–water partition coefficient (Wildman–Crippen LogP) is 4.82. The van der Waals surface area contributed by atoms with E-state index in [4.69, 9.17) is 0 Å². The third kappa shape index (κ3) is 3.76. The third-order valence-corrected chi connectivity index (χ3v) is 5.61. The standard InChI is InChI=1S/C22H21NS.ClH.H2O/c1-23(2)15-7-12-17-18-10-3-4-13-20(18)24-21-14-6-9-16-8-5-11-19(17)22(16)21;;/h3-6,8-14H,7,15H2,1-2H3;1H;1H2/b17-12+;;. The maximum atomic E-state index is 2.41. The van der Waals surface area contributed by atoms with Crippen molar-refractivity contribution in [2.24, 2.45) is 0 Å². The van der Waals surface area contributed by atoms with Gasteiger partial charge in [0.2, 0.25) is 0 Å². The lowest BCUT2D eigenvalue weighted by Gasteiger charge is -2.06. The van der Waals surface area contributed by atoms with Gasteiger partial charge in [-0.25, -0.2) is 0 Å². The van der Waals surface area contributed by atoms with Crippen molar-refractivity contribution in [1.82, 2.24) is 4.90 Å². The predicted molar refractivity (Wildman–Crippen MR) is 119 cm³/mol. The van der Waals surface area contributed by atoms with Crippen LogP contribution >= 0.6 is 23.7 Å². The lowest BCUT2D eigenvalue weighted by molar-refractivity contribution is 0.421. The van der Waals surface area contributed by atoms with Crippen LogP contribution in [0.3, 0.4) is 0 Å². The molecule has 4 rings (SSSR count). The van der Waals surface area contributed by atoms with Crippen LogP contribution in [0.5, 0.6) is 0 Å². The fourth-order valence-electron chi connectivity index (χ4n) is 3.34. The number of rotatable bonds is 3. The maximum Gasteiger partial charge on any atom is 0.0361 e. The van der Waals surface area contributed by atoms with E-state index in [-0.39, 0.29) is 17.9 Å². The summed E-state index contributed by atoms with van der Waals surface area (Å²) >= 11 is 1.89. The quantitative estimate of drug-likeness (QED) is 0.498. The van der Waals surface area contributed by atoms with E-state index in [9.17, 15) is 0 Å². The molecule has 0 fully saturated rings. The van der Waals surface area contributed by atoms with Crippen molar-refractivity contribution in [3.63, 3.8) is 0 Å². The summed E-state index contributed by atoms with van der Waals surface area (Å²) in [6, 6.07) is 22.1. The summed E-state index contributed by atoms with van der Waals surface area (Å²) in [5.41, 5.74) is 0. The Balaban J connectivity index is 0.00000121. The van der Waals surface area contributed by atoms with Crippen LogP contribution < -0.4 is 5.22 Å². The molecule has 0 radical (unpaired) electrons. The van der Waals surface area contributed by atoms with Crippen LogP contribution in [0.1, 0.15) is 6.42 Å². The highest BCUT2D eigenvalue weighted by molar-refractivity contribution is 7.24. The van der Waals surface area contributed by atoms with Crippen LogP contribution in [0.2, 0.25) is 0 Å². The van der Waals surface area contributed by atoms with Crippen molar-refractivity contribution >= 4 is 60.8 Å². The summed E-state index contributed by atoms with van der Waals surface area (Å²) < 4.78 is 2.70. The molecule has 0 amide bonds. The normalized spacial score (nSPS) is 11.7. The molecule has 0 bridgehead atoms. The summed E-state index contributed by atoms with van der Waals surface area (Å²) in [7, 11) is 4.26. The van der Waals surface area contributed by atoms with E-state index >= 15 is 0 Å². The van der Waals surface area contributed by atoms with E-state index in [0.717, 1.165) is 13.0 Å². The Bertz CT molecular complexity index is 1100. The molecule has 2 nitrogen and oxygen atoms in total. The van der Waals surface area contributed by atoms with Crippen LogP contribution in [0.15, 0.2) is 60.7 Å². The Kier molecular flexibility index (Phi) is 6.79. The SMILES string of the molecule is CN(C)CC/C=c1\c2ccccc2sc2cccc3cccc1c32.Cl.O. The van der Waals surface area contributed by atoms with Crippen LogP contribution in [0.4, 0.5) is 0 Å². The minimum atomic E-state index is 0. The van der Waals surface area contributed by atoms with Crippen LogP contribution in [0, 0.1) is 0 Å². The average Bonchev–Trinajstić information content (AvgIpc) is 2.72. The van der Waals surface area contributed by atoms with Gasteiger partial charge >= 0.3 is 0 Å². The molecular weight excluding hydrogens is 362 g/mol. The van der Waals surface area contributed by atoms with E-state index in [1.165, 1.54) is 36.2 Å². The average molecular weight is 386 g/mol. The first-order valence-corrected chi connectivity index (χ1v) is 9.20. The lowest BCUT2D eigenvalue weighted by atomic mass is 10.0. The molecule has 4 aromatic rings. The summed E-state index contributed by atoms with van der Waals surface area (Å²) in [5.74, 6) is 0. The minimum absolute atomic E-state index is 0. The molecule has 3 aromatic carbocycles. The van der Waals surface area contributed by atoms with Crippen molar-refractivity contribution < 1.29 is 5.48 Å². The topological polar surface area (TPSA) is 34.7 Å². The molecule has 0 spiro atoms. The van der Waals surface area contributed by atoms with Gasteiger partial charge in [-0.1, -0.05) is 54.6 Å². The minimum Gasteiger partial charge on any atom is -0.412 e. The van der Waals surface area contributed by atoms with Gasteiger partial charge in [0, 0.05) is 21.3 Å². The summed E-state index contributed by atoms with van der Waals surface area (Å²) in [4.78, 5) is 2.24. The van der Waals surface area contributed by atoms with Crippen molar-refractivity contribution in [2.75, 3.05) is 20.6 Å². The van der Waals surface area contributed by atoms with Crippen molar-refractivity contribution in [2.45, 2.75) is 6.42 Å². The van der Waals surface area contributed by atoms with Crippen LogP contribution in [-0.4, -0.2) is 31.0 Å². The second kappa shape index (κ2) is 8.65. The number of fused-ring (bicyclic) bond motifs is 1. The molecule has 0 atom stereocenters. The van der Waals surface area contributed by atoms with E-state index in [1.807, 2.05) is 11.3 Å². The number of hydrogen-bond donors (Lipinski definition) is 0. The third-order valence-electron chi connectivity index (χ3n) is 4.48. The van der Waals surface area contributed by atoms with Gasteiger partial charge in [-0.2, -0.15) is 0 Å². The molecule has 0 saturated carbocycles. The summed E-state index contributed by atoms with van der Waals surface area (Å²) in [6.45, 7) is 1.07. The molecule has 0 aliphatic rings. The number of hydrogen-bond acceptors (Lipinski definition) is 2. The zero-order valence-electron chi connectivity index (χ0n) is 15.0. The van der Waals surface area contributed by atoms with Gasteiger partial charge in [0.15, 0.2) is 0 Å². The van der Waals surface area contributed by atoms with Gasteiger partial charge in [0.05, 0.1) is 0 Å². The molecule has 2 N–H and O–H groups in total. The molecule has 0 unspecified atom stereocenters. The van der Waals surface area contributed by atoms with Gasteiger partial charge in [0.25, 0.3) is 0 Å². The number of nitrogens with zero attached hydrogens (tertiary/aromatic N) is 1. The Labute approximate surface area is 164 Å². The van der Waals surface area contributed by atoms with Gasteiger partial charge in [-0.15, -0.1) is 23.7 Å². The van der Waals surface area contributed by atoms with E-state index < -0.39 is 0 Å². The molecule has 1 heterocycles. The van der Waals surface area contributed by atoms with Crippen LogP contribution in [0.25, 0.3) is 37.0 Å². The molecule has 4 heteroatoms. The highest BCUT2D eigenvalue weighted by atomic mass is 35.5. The molecule has 26 heavy (non-hydrogen) atoms. The molecule has 136 valence electrons. The second-order valence-electron chi connectivity index (χ2n) is 6.47.